The summed E-state index contributed by atoms with van der Waals surface area (Å²) in [6.07, 6.45) is 1.25. The lowest BCUT2D eigenvalue weighted by atomic mass is 10.1. The Morgan fingerprint density at radius 1 is 1.38 bits per heavy atom. The van der Waals surface area contributed by atoms with Crippen LogP contribution in [0.3, 0.4) is 0 Å². The lowest BCUT2D eigenvalue weighted by Crippen LogP contribution is -2.17. The maximum absolute atomic E-state index is 5.77. The first-order valence-corrected chi connectivity index (χ1v) is 5.88. The Morgan fingerprint density at radius 2 is 2.12 bits per heavy atom. The van der Waals surface area contributed by atoms with Gasteiger partial charge in [0.05, 0.1) is 6.61 Å². The van der Waals surface area contributed by atoms with Crippen LogP contribution in [0.4, 0.5) is 0 Å². The molecule has 2 N–H and O–H groups in total. The van der Waals surface area contributed by atoms with Gasteiger partial charge in [0, 0.05) is 19.0 Å². The average molecular weight is 220 g/mol. The van der Waals surface area contributed by atoms with Crippen molar-refractivity contribution in [3.05, 3.63) is 29.8 Å². The number of benzene rings is 1. The van der Waals surface area contributed by atoms with E-state index in [2.05, 4.69) is 11.9 Å². The maximum atomic E-state index is 5.77. The molecule has 0 spiro atoms. The van der Waals surface area contributed by atoms with Gasteiger partial charge in [-0.25, -0.2) is 0 Å². The van der Waals surface area contributed by atoms with E-state index in [1.165, 1.54) is 13.0 Å². The highest BCUT2D eigenvalue weighted by molar-refractivity contribution is 5.27. The summed E-state index contributed by atoms with van der Waals surface area (Å²) in [6, 6.07) is 8.05. The van der Waals surface area contributed by atoms with Crippen LogP contribution in [0.1, 0.15) is 12.0 Å². The average Bonchev–Trinajstić information content (AvgIpc) is 2.73. The minimum absolute atomic E-state index is 0.591. The van der Waals surface area contributed by atoms with Crippen molar-refractivity contribution in [3.8, 4) is 5.75 Å². The van der Waals surface area contributed by atoms with E-state index in [1.54, 1.807) is 0 Å². The van der Waals surface area contributed by atoms with Crippen LogP contribution in [-0.2, 0) is 6.54 Å². The Bertz CT molecular complexity index is 323. The van der Waals surface area contributed by atoms with Crippen molar-refractivity contribution in [1.82, 2.24) is 4.90 Å². The second kappa shape index (κ2) is 5.32. The summed E-state index contributed by atoms with van der Waals surface area (Å²) >= 11 is 0. The minimum atomic E-state index is 0.591. The highest BCUT2D eigenvalue weighted by atomic mass is 16.5. The zero-order valence-electron chi connectivity index (χ0n) is 9.86. The smallest absolute Gasteiger partial charge is 0.119 e. The Morgan fingerprint density at radius 3 is 2.69 bits per heavy atom. The van der Waals surface area contributed by atoms with Crippen LogP contribution in [-0.4, -0.2) is 31.6 Å². The monoisotopic (exact) mass is 220 g/mol. The summed E-state index contributed by atoms with van der Waals surface area (Å²) in [5.41, 5.74) is 6.69. The molecule has 1 unspecified atom stereocenters. The maximum Gasteiger partial charge on any atom is 0.119 e. The second-order valence-corrected chi connectivity index (χ2v) is 4.58. The Hall–Kier alpha value is -1.06. The molecule has 88 valence electrons. The number of nitrogens with two attached hydrogens (primary N) is 1. The summed E-state index contributed by atoms with van der Waals surface area (Å²) in [5, 5.41) is 0. The standard InChI is InChI=1S/C13H20N2O/c1-15-7-6-12(9-15)10-16-13-4-2-11(8-14)3-5-13/h2-5,12H,6-10,14H2,1H3. The Labute approximate surface area is 97.2 Å². The van der Waals surface area contributed by atoms with E-state index in [-0.39, 0.29) is 0 Å². The lowest BCUT2D eigenvalue weighted by molar-refractivity contribution is 0.249. The normalized spacial score (nSPS) is 21.2. The molecule has 3 nitrogen and oxygen atoms in total. The molecule has 0 amide bonds. The van der Waals surface area contributed by atoms with Gasteiger partial charge in [0.1, 0.15) is 5.75 Å². The summed E-state index contributed by atoms with van der Waals surface area (Å²) in [7, 11) is 2.16. The quantitative estimate of drug-likeness (QED) is 0.835. The predicted molar refractivity (Wildman–Crippen MR) is 65.4 cm³/mol. The minimum Gasteiger partial charge on any atom is -0.493 e. The van der Waals surface area contributed by atoms with Gasteiger partial charge in [0.2, 0.25) is 0 Å². The van der Waals surface area contributed by atoms with E-state index in [0.29, 0.717) is 12.5 Å². The Kier molecular flexibility index (Phi) is 3.80. The zero-order valence-corrected chi connectivity index (χ0v) is 9.86. The third kappa shape index (κ3) is 2.97. The van der Waals surface area contributed by atoms with E-state index >= 15 is 0 Å². The van der Waals surface area contributed by atoms with Crippen molar-refractivity contribution in [3.63, 3.8) is 0 Å². The van der Waals surface area contributed by atoms with Gasteiger partial charge in [0.15, 0.2) is 0 Å². The molecule has 16 heavy (non-hydrogen) atoms. The number of ether oxygens (including phenoxy) is 1. The number of nitrogens with zero attached hydrogens (tertiary/aromatic N) is 1. The van der Waals surface area contributed by atoms with Crippen molar-refractivity contribution in [1.29, 1.82) is 0 Å². The topological polar surface area (TPSA) is 38.5 Å². The van der Waals surface area contributed by atoms with Crippen LogP contribution in [0.15, 0.2) is 24.3 Å². The first kappa shape index (κ1) is 11.4. The van der Waals surface area contributed by atoms with Gasteiger partial charge in [0.25, 0.3) is 0 Å². The summed E-state index contributed by atoms with van der Waals surface area (Å²) in [6.45, 7) is 3.76. The van der Waals surface area contributed by atoms with E-state index in [4.69, 9.17) is 10.5 Å². The van der Waals surface area contributed by atoms with Crippen molar-refractivity contribution in [2.24, 2.45) is 11.7 Å². The van der Waals surface area contributed by atoms with Gasteiger partial charge in [-0.05, 0) is 37.7 Å². The van der Waals surface area contributed by atoms with Crippen LogP contribution in [0, 0.1) is 5.92 Å². The fraction of sp³-hybridized carbons (Fsp3) is 0.538. The fourth-order valence-electron chi connectivity index (χ4n) is 2.10. The van der Waals surface area contributed by atoms with E-state index in [1.807, 2.05) is 24.3 Å². The second-order valence-electron chi connectivity index (χ2n) is 4.58. The largest absolute Gasteiger partial charge is 0.493 e. The highest BCUT2D eigenvalue weighted by Crippen LogP contribution is 2.17. The molecule has 0 saturated carbocycles. The first-order chi connectivity index (χ1) is 7.78. The number of likely N-dealkylation sites (tertiary alicyclic amines) is 1. The summed E-state index contributed by atoms with van der Waals surface area (Å²) < 4.78 is 5.77. The summed E-state index contributed by atoms with van der Waals surface area (Å²) in [5.74, 6) is 1.63. The number of hydrogen-bond acceptors (Lipinski definition) is 3. The van der Waals surface area contributed by atoms with Gasteiger partial charge in [-0.15, -0.1) is 0 Å². The van der Waals surface area contributed by atoms with Gasteiger partial charge in [-0.3, -0.25) is 0 Å². The molecule has 1 atom stereocenters. The predicted octanol–water partition coefficient (Wildman–Crippen LogP) is 1.48. The number of rotatable bonds is 4. The van der Waals surface area contributed by atoms with Crippen molar-refractivity contribution in [2.75, 3.05) is 26.7 Å². The molecular weight excluding hydrogens is 200 g/mol. The molecule has 0 radical (unpaired) electrons. The fourth-order valence-corrected chi connectivity index (χ4v) is 2.10. The van der Waals surface area contributed by atoms with Crippen LogP contribution >= 0.6 is 0 Å². The SMILES string of the molecule is CN1CCC(COc2ccc(CN)cc2)C1. The molecule has 0 bridgehead atoms. The van der Waals surface area contributed by atoms with Crippen LogP contribution in [0.5, 0.6) is 5.75 Å². The van der Waals surface area contributed by atoms with Crippen LogP contribution in [0.25, 0.3) is 0 Å². The highest BCUT2D eigenvalue weighted by Gasteiger charge is 2.19. The molecule has 1 saturated heterocycles. The molecule has 3 heteroatoms. The van der Waals surface area contributed by atoms with Crippen LogP contribution < -0.4 is 10.5 Å². The van der Waals surface area contributed by atoms with Crippen molar-refractivity contribution < 1.29 is 4.74 Å². The van der Waals surface area contributed by atoms with Gasteiger partial charge >= 0.3 is 0 Å². The molecule has 0 aromatic heterocycles. The molecular formula is C13H20N2O. The third-order valence-electron chi connectivity index (χ3n) is 3.13. The Balaban J connectivity index is 1.80. The van der Waals surface area contributed by atoms with Crippen molar-refractivity contribution >= 4 is 0 Å². The molecule has 1 heterocycles. The summed E-state index contributed by atoms with van der Waals surface area (Å²) in [4.78, 5) is 2.35. The van der Waals surface area contributed by atoms with Crippen molar-refractivity contribution in [2.45, 2.75) is 13.0 Å². The van der Waals surface area contributed by atoms with E-state index < -0.39 is 0 Å². The zero-order chi connectivity index (χ0) is 11.4. The first-order valence-electron chi connectivity index (χ1n) is 5.88. The van der Waals surface area contributed by atoms with E-state index in [9.17, 15) is 0 Å². The van der Waals surface area contributed by atoms with E-state index in [0.717, 1.165) is 24.5 Å². The van der Waals surface area contributed by atoms with Gasteiger partial charge in [-0.2, -0.15) is 0 Å². The molecule has 1 aromatic carbocycles. The lowest BCUT2D eigenvalue weighted by Gasteiger charge is -2.12. The van der Waals surface area contributed by atoms with Crippen LogP contribution in [0.2, 0.25) is 0 Å². The molecule has 2 rings (SSSR count). The molecule has 1 aliphatic rings. The number of hydrogen-bond donors (Lipinski definition) is 1. The molecule has 1 fully saturated rings. The molecule has 1 aromatic rings. The van der Waals surface area contributed by atoms with Gasteiger partial charge < -0.3 is 15.4 Å². The molecule has 0 aliphatic carbocycles. The van der Waals surface area contributed by atoms with Gasteiger partial charge in [-0.1, -0.05) is 12.1 Å². The third-order valence-corrected chi connectivity index (χ3v) is 3.13. The molecule has 1 aliphatic heterocycles.